The standard InChI is InChI=1S/C14H18O/c1-3-5-13-10(4-2)8-11-9-12(15)6-7-14(11)13/h5-7,9-10,15H,3-4,8H2,1-2H3/b13-5+. The van der Waals surface area contributed by atoms with Gasteiger partial charge in [-0.05, 0) is 54.0 Å². The molecule has 1 aromatic rings. The lowest BCUT2D eigenvalue weighted by Crippen LogP contribution is -1.95. The summed E-state index contributed by atoms with van der Waals surface area (Å²) in [6.45, 7) is 4.41. The SMILES string of the molecule is CC/C=C1/c2ccc(O)cc2CC1CC. The Morgan fingerprint density at radius 2 is 2.20 bits per heavy atom. The maximum Gasteiger partial charge on any atom is 0.115 e. The van der Waals surface area contributed by atoms with Crippen molar-refractivity contribution < 1.29 is 5.11 Å². The van der Waals surface area contributed by atoms with Crippen molar-refractivity contribution >= 4 is 5.57 Å². The van der Waals surface area contributed by atoms with Crippen LogP contribution in [0.5, 0.6) is 5.75 Å². The monoisotopic (exact) mass is 202 g/mol. The molecule has 0 radical (unpaired) electrons. The maximum absolute atomic E-state index is 9.45. The fourth-order valence-electron chi connectivity index (χ4n) is 2.49. The first-order valence-corrected chi connectivity index (χ1v) is 5.78. The highest BCUT2D eigenvalue weighted by Crippen LogP contribution is 2.40. The van der Waals surface area contributed by atoms with Crippen LogP contribution in [0, 0.1) is 5.92 Å². The van der Waals surface area contributed by atoms with Gasteiger partial charge in [0.2, 0.25) is 0 Å². The number of hydrogen-bond acceptors (Lipinski definition) is 1. The molecule has 15 heavy (non-hydrogen) atoms. The van der Waals surface area contributed by atoms with Crippen molar-refractivity contribution in [2.45, 2.75) is 33.1 Å². The molecule has 80 valence electrons. The number of phenolic OH excluding ortho intramolecular Hbond substituents is 1. The van der Waals surface area contributed by atoms with Crippen LogP contribution in [0.2, 0.25) is 0 Å². The largest absolute Gasteiger partial charge is 0.508 e. The number of hydrogen-bond donors (Lipinski definition) is 1. The molecule has 0 spiro atoms. The molecule has 1 N–H and O–H groups in total. The van der Waals surface area contributed by atoms with Crippen LogP contribution in [0.3, 0.4) is 0 Å². The second-order valence-electron chi connectivity index (χ2n) is 4.22. The van der Waals surface area contributed by atoms with Gasteiger partial charge in [-0.25, -0.2) is 0 Å². The third-order valence-corrected chi connectivity index (χ3v) is 3.22. The van der Waals surface area contributed by atoms with Gasteiger partial charge in [0, 0.05) is 0 Å². The van der Waals surface area contributed by atoms with E-state index in [0.717, 1.165) is 12.8 Å². The first-order chi connectivity index (χ1) is 7.26. The Hall–Kier alpha value is -1.24. The average molecular weight is 202 g/mol. The molecule has 0 saturated carbocycles. The Kier molecular flexibility index (Phi) is 2.81. The third kappa shape index (κ3) is 1.79. The van der Waals surface area contributed by atoms with Crippen LogP contribution in [0.1, 0.15) is 37.8 Å². The minimum absolute atomic E-state index is 0.390. The Bertz CT molecular complexity index is 390. The Morgan fingerprint density at radius 1 is 1.40 bits per heavy atom. The van der Waals surface area contributed by atoms with Crippen molar-refractivity contribution in [2.24, 2.45) is 5.92 Å². The van der Waals surface area contributed by atoms with Crippen molar-refractivity contribution in [2.75, 3.05) is 0 Å². The summed E-state index contributed by atoms with van der Waals surface area (Å²) in [4.78, 5) is 0. The fourth-order valence-corrected chi connectivity index (χ4v) is 2.49. The summed E-state index contributed by atoms with van der Waals surface area (Å²) in [5.74, 6) is 1.04. The summed E-state index contributed by atoms with van der Waals surface area (Å²) < 4.78 is 0. The van der Waals surface area contributed by atoms with E-state index in [1.165, 1.54) is 23.1 Å². The number of phenols is 1. The molecule has 1 aliphatic carbocycles. The Labute approximate surface area is 91.4 Å². The third-order valence-electron chi connectivity index (χ3n) is 3.22. The van der Waals surface area contributed by atoms with Gasteiger partial charge in [-0.3, -0.25) is 0 Å². The minimum atomic E-state index is 0.390. The van der Waals surface area contributed by atoms with Gasteiger partial charge in [0.25, 0.3) is 0 Å². The van der Waals surface area contributed by atoms with Gasteiger partial charge in [0.15, 0.2) is 0 Å². The molecule has 1 unspecified atom stereocenters. The van der Waals surface area contributed by atoms with Crippen molar-refractivity contribution in [1.82, 2.24) is 0 Å². The molecule has 2 rings (SSSR count). The van der Waals surface area contributed by atoms with Crippen LogP contribution in [0.15, 0.2) is 24.3 Å². The zero-order chi connectivity index (χ0) is 10.8. The molecule has 1 aliphatic rings. The summed E-state index contributed by atoms with van der Waals surface area (Å²) >= 11 is 0. The van der Waals surface area contributed by atoms with Crippen LogP contribution >= 0.6 is 0 Å². The van der Waals surface area contributed by atoms with Crippen LogP contribution in [-0.2, 0) is 6.42 Å². The molecule has 1 atom stereocenters. The highest BCUT2D eigenvalue weighted by molar-refractivity contribution is 5.75. The fraction of sp³-hybridized carbons (Fsp3) is 0.429. The lowest BCUT2D eigenvalue weighted by molar-refractivity contribution is 0.474. The molecule has 0 bridgehead atoms. The lowest BCUT2D eigenvalue weighted by atomic mass is 9.96. The predicted octanol–water partition coefficient (Wildman–Crippen LogP) is 3.77. The van der Waals surface area contributed by atoms with E-state index in [1.807, 2.05) is 6.07 Å². The van der Waals surface area contributed by atoms with Crippen molar-refractivity contribution in [1.29, 1.82) is 0 Å². The summed E-state index contributed by atoms with van der Waals surface area (Å²) in [5.41, 5.74) is 4.14. The van der Waals surface area contributed by atoms with Gasteiger partial charge in [0.05, 0.1) is 0 Å². The van der Waals surface area contributed by atoms with Gasteiger partial charge in [-0.1, -0.05) is 26.0 Å². The predicted molar refractivity (Wildman–Crippen MR) is 63.9 cm³/mol. The highest BCUT2D eigenvalue weighted by Gasteiger charge is 2.24. The quantitative estimate of drug-likeness (QED) is 0.774. The van der Waals surface area contributed by atoms with E-state index in [9.17, 15) is 5.11 Å². The van der Waals surface area contributed by atoms with Gasteiger partial charge >= 0.3 is 0 Å². The van der Waals surface area contributed by atoms with E-state index >= 15 is 0 Å². The molecule has 1 nitrogen and oxygen atoms in total. The van der Waals surface area contributed by atoms with Crippen LogP contribution < -0.4 is 0 Å². The normalized spacial score (nSPS) is 22.0. The molecule has 0 amide bonds. The van der Waals surface area contributed by atoms with Crippen LogP contribution in [0.4, 0.5) is 0 Å². The topological polar surface area (TPSA) is 20.2 Å². The van der Waals surface area contributed by atoms with Gasteiger partial charge < -0.3 is 5.11 Å². The number of rotatable bonds is 2. The molecule has 0 heterocycles. The molecular formula is C14H18O. The molecule has 0 aromatic heterocycles. The Balaban J connectivity index is 2.44. The molecule has 0 fully saturated rings. The zero-order valence-electron chi connectivity index (χ0n) is 9.46. The van der Waals surface area contributed by atoms with E-state index in [2.05, 4.69) is 26.0 Å². The highest BCUT2D eigenvalue weighted by atomic mass is 16.3. The van der Waals surface area contributed by atoms with E-state index in [-0.39, 0.29) is 0 Å². The Morgan fingerprint density at radius 3 is 2.87 bits per heavy atom. The summed E-state index contributed by atoms with van der Waals surface area (Å²) in [7, 11) is 0. The summed E-state index contributed by atoms with van der Waals surface area (Å²) in [5, 5.41) is 9.45. The second-order valence-corrected chi connectivity index (χ2v) is 4.22. The first-order valence-electron chi connectivity index (χ1n) is 5.78. The molecule has 0 aliphatic heterocycles. The summed E-state index contributed by atoms with van der Waals surface area (Å²) in [6.07, 6.45) is 5.69. The first kappa shape index (κ1) is 10.3. The number of benzene rings is 1. The van der Waals surface area contributed by atoms with E-state index in [0.29, 0.717) is 11.7 Å². The molecule has 1 heteroatoms. The molecular weight excluding hydrogens is 184 g/mol. The van der Waals surface area contributed by atoms with E-state index in [4.69, 9.17) is 0 Å². The van der Waals surface area contributed by atoms with Gasteiger partial charge in [-0.15, -0.1) is 0 Å². The number of fused-ring (bicyclic) bond motifs is 1. The van der Waals surface area contributed by atoms with Crippen LogP contribution in [-0.4, -0.2) is 5.11 Å². The smallest absolute Gasteiger partial charge is 0.115 e. The van der Waals surface area contributed by atoms with Gasteiger partial charge in [-0.2, -0.15) is 0 Å². The lowest BCUT2D eigenvalue weighted by Gasteiger charge is -2.08. The number of allylic oxidation sites excluding steroid dienone is 2. The van der Waals surface area contributed by atoms with Crippen molar-refractivity contribution in [3.8, 4) is 5.75 Å². The minimum Gasteiger partial charge on any atom is -0.508 e. The zero-order valence-corrected chi connectivity index (χ0v) is 9.46. The average Bonchev–Trinajstić information content (AvgIpc) is 2.56. The van der Waals surface area contributed by atoms with Crippen LogP contribution in [0.25, 0.3) is 5.57 Å². The van der Waals surface area contributed by atoms with E-state index < -0.39 is 0 Å². The molecule has 1 aromatic carbocycles. The number of aromatic hydroxyl groups is 1. The summed E-state index contributed by atoms with van der Waals surface area (Å²) in [6, 6.07) is 5.76. The second kappa shape index (κ2) is 4.09. The molecule has 0 saturated heterocycles. The van der Waals surface area contributed by atoms with E-state index in [1.54, 1.807) is 6.07 Å². The van der Waals surface area contributed by atoms with Crippen molar-refractivity contribution in [3.63, 3.8) is 0 Å². The maximum atomic E-state index is 9.45. The van der Waals surface area contributed by atoms with Crippen molar-refractivity contribution in [3.05, 3.63) is 35.4 Å². The van der Waals surface area contributed by atoms with Gasteiger partial charge in [0.1, 0.15) is 5.75 Å².